The third-order valence-electron chi connectivity index (χ3n) is 3.19. The molecule has 0 bridgehead atoms. The molecule has 5 nitrogen and oxygen atoms in total. The van der Waals surface area contributed by atoms with Gasteiger partial charge in [-0.1, -0.05) is 19.1 Å². The summed E-state index contributed by atoms with van der Waals surface area (Å²) in [6, 6.07) is 7.20. The minimum Gasteiger partial charge on any atom is -0.491 e. The van der Waals surface area contributed by atoms with Crippen LogP contribution in [-0.4, -0.2) is 37.2 Å². The molecule has 114 valence electrons. The summed E-state index contributed by atoms with van der Waals surface area (Å²) in [6.07, 6.45) is -0.496. The van der Waals surface area contributed by atoms with Gasteiger partial charge < -0.3 is 15.6 Å². The summed E-state index contributed by atoms with van der Waals surface area (Å²) in [5, 5.41) is 9.34. The molecule has 0 aliphatic carbocycles. The maximum atomic E-state index is 11.9. The van der Waals surface area contributed by atoms with Crippen molar-refractivity contribution in [1.82, 2.24) is 0 Å². The molecule has 1 aromatic rings. The Kier molecular flexibility index (Phi) is 6.45. The van der Waals surface area contributed by atoms with Crippen LogP contribution in [0.1, 0.15) is 25.8 Å². The molecule has 0 saturated carbocycles. The van der Waals surface area contributed by atoms with E-state index in [1.165, 1.54) is 0 Å². The number of rotatable bonds is 8. The first-order valence-electron chi connectivity index (χ1n) is 6.70. The Morgan fingerprint density at radius 2 is 2.10 bits per heavy atom. The summed E-state index contributed by atoms with van der Waals surface area (Å²) in [4.78, 5) is 0. The molecule has 0 amide bonds. The zero-order chi connectivity index (χ0) is 15.2. The van der Waals surface area contributed by atoms with Crippen LogP contribution in [0.15, 0.2) is 24.3 Å². The quantitative estimate of drug-likeness (QED) is 0.750. The topological polar surface area (TPSA) is 89.6 Å². The van der Waals surface area contributed by atoms with E-state index in [-0.39, 0.29) is 12.4 Å². The van der Waals surface area contributed by atoms with Gasteiger partial charge in [-0.15, -0.1) is 0 Å². The molecule has 0 aromatic heterocycles. The predicted octanol–water partition coefficient (Wildman–Crippen LogP) is 1.10. The van der Waals surface area contributed by atoms with E-state index in [1.807, 2.05) is 13.0 Å². The van der Waals surface area contributed by atoms with Crippen molar-refractivity contribution in [2.45, 2.75) is 38.2 Å². The molecule has 0 fully saturated rings. The van der Waals surface area contributed by atoms with Crippen molar-refractivity contribution < 1.29 is 18.3 Å². The molecule has 1 rings (SSSR count). The Labute approximate surface area is 120 Å². The number of aliphatic hydroxyl groups excluding tert-OH is 1. The zero-order valence-corrected chi connectivity index (χ0v) is 12.8. The second-order valence-electron chi connectivity index (χ2n) is 4.86. The molecule has 2 unspecified atom stereocenters. The normalized spacial score (nSPS) is 14.8. The van der Waals surface area contributed by atoms with Gasteiger partial charge in [0.2, 0.25) is 0 Å². The maximum Gasteiger partial charge on any atom is 0.155 e. The fraction of sp³-hybridized carbons (Fsp3) is 0.571. The van der Waals surface area contributed by atoms with Crippen LogP contribution in [0.3, 0.4) is 0 Å². The lowest BCUT2D eigenvalue weighted by Crippen LogP contribution is -2.31. The van der Waals surface area contributed by atoms with Crippen molar-refractivity contribution in [3.05, 3.63) is 29.8 Å². The fourth-order valence-corrected chi connectivity index (χ4v) is 3.16. The van der Waals surface area contributed by atoms with Gasteiger partial charge in [-0.05, 0) is 31.0 Å². The summed E-state index contributed by atoms with van der Waals surface area (Å²) in [7, 11) is -3.28. The highest BCUT2D eigenvalue weighted by Crippen LogP contribution is 2.14. The largest absolute Gasteiger partial charge is 0.491 e. The van der Waals surface area contributed by atoms with Crippen LogP contribution in [0, 0.1) is 0 Å². The Balaban J connectivity index is 2.53. The summed E-state index contributed by atoms with van der Waals surface area (Å²) in [5.74, 6) is 0.298. The third kappa shape index (κ3) is 5.11. The number of ether oxygens (including phenoxy) is 1. The van der Waals surface area contributed by atoms with E-state index < -0.39 is 21.2 Å². The number of hydrogen-bond acceptors (Lipinski definition) is 5. The first-order valence-corrected chi connectivity index (χ1v) is 8.42. The molecule has 0 saturated heterocycles. The van der Waals surface area contributed by atoms with E-state index >= 15 is 0 Å². The van der Waals surface area contributed by atoms with Gasteiger partial charge in [0.25, 0.3) is 0 Å². The highest BCUT2D eigenvalue weighted by atomic mass is 32.2. The molecule has 0 heterocycles. The lowest BCUT2D eigenvalue weighted by molar-refractivity contribution is 0.124. The summed E-state index contributed by atoms with van der Waals surface area (Å²) in [5.41, 5.74) is 6.44. The molecular weight excluding hydrogens is 278 g/mol. The van der Waals surface area contributed by atoms with Crippen molar-refractivity contribution in [2.75, 3.05) is 12.4 Å². The summed E-state index contributed by atoms with van der Waals surface area (Å²) in [6.45, 7) is 3.81. The van der Waals surface area contributed by atoms with Crippen LogP contribution >= 0.6 is 0 Å². The van der Waals surface area contributed by atoms with Gasteiger partial charge in [0.05, 0.1) is 11.0 Å². The number of nitrogens with two attached hydrogens (primary N) is 1. The average molecular weight is 301 g/mol. The van der Waals surface area contributed by atoms with Gasteiger partial charge >= 0.3 is 0 Å². The average Bonchev–Trinajstić information content (AvgIpc) is 2.44. The van der Waals surface area contributed by atoms with Gasteiger partial charge in [-0.25, -0.2) is 8.42 Å². The minimum absolute atomic E-state index is 0.0519. The third-order valence-corrected chi connectivity index (χ3v) is 5.60. The number of aliphatic hydroxyl groups is 1. The van der Waals surface area contributed by atoms with Gasteiger partial charge in [-0.3, -0.25) is 0 Å². The molecule has 20 heavy (non-hydrogen) atoms. The van der Waals surface area contributed by atoms with Crippen LogP contribution in [0.25, 0.3) is 0 Å². The van der Waals surface area contributed by atoms with Crippen LogP contribution in [0.2, 0.25) is 0 Å². The monoisotopic (exact) mass is 301 g/mol. The molecule has 2 atom stereocenters. The lowest BCUT2D eigenvalue weighted by Gasteiger charge is -2.16. The van der Waals surface area contributed by atoms with Crippen molar-refractivity contribution in [2.24, 2.45) is 5.73 Å². The first-order chi connectivity index (χ1) is 9.39. The first kappa shape index (κ1) is 16.9. The Hall–Kier alpha value is -1.11. The van der Waals surface area contributed by atoms with Gasteiger partial charge in [-0.2, -0.15) is 0 Å². The zero-order valence-electron chi connectivity index (χ0n) is 12.0. The van der Waals surface area contributed by atoms with Crippen LogP contribution in [0.5, 0.6) is 5.75 Å². The number of benzene rings is 1. The van der Waals surface area contributed by atoms with E-state index in [0.717, 1.165) is 5.56 Å². The van der Waals surface area contributed by atoms with E-state index in [9.17, 15) is 13.5 Å². The highest BCUT2D eigenvalue weighted by molar-refractivity contribution is 7.92. The van der Waals surface area contributed by atoms with Crippen molar-refractivity contribution in [1.29, 1.82) is 0 Å². The van der Waals surface area contributed by atoms with E-state index in [0.29, 0.717) is 18.7 Å². The minimum atomic E-state index is -3.28. The molecule has 0 aliphatic heterocycles. The molecule has 0 radical (unpaired) electrons. The molecule has 6 heteroatoms. The van der Waals surface area contributed by atoms with Crippen molar-refractivity contribution in [3.8, 4) is 5.75 Å². The Morgan fingerprint density at radius 1 is 1.40 bits per heavy atom. The fourth-order valence-electron chi connectivity index (χ4n) is 1.69. The van der Waals surface area contributed by atoms with E-state index in [2.05, 4.69) is 0 Å². The molecule has 3 N–H and O–H groups in total. The van der Waals surface area contributed by atoms with Gasteiger partial charge in [0, 0.05) is 6.54 Å². The Bertz CT molecular complexity index is 516. The lowest BCUT2D eigenvalue weighted by atomic mass is 10.2. The predicted molar refractivity (Wildman–Crippen MR) is 79.4 cm³/mol. The second-order valence-corrected chi connectivity index (χ2v) is 7.33. The molecular formula is C14H23NO4S. The van der Waals surface area contributed by atoms with E-state index in [1.54, 1.807) is 25.1 Å². The van der Waals surface area contributed by atoms with Crippen molar-refractivity contribution >= 4 is 9.84 Å². The number of hydrogen-bond donors (Lipinski definition) is 2. The standard InChI is InChI=1S/C14H23NO4S/c1-3-11(2)20(17,18)10-13(16)9-19-14-6-4-5-12(7-14)8-15/h4-7,11,13,16H,3,8-10,15H2,1-2H3. The highest BCUT2D eigenvalue weighted by Gasteiger charge is 2.23. The molecule has 1 aromatic carbocycles. The maximum absolute atomic E-state index is 11.9. The molecule has 0 aliphatic rings. The van der Waals surface area contributed by atoms with Crippen LogP contribution in [0.4, 0.5) is 0 Å². The smallest absolute Gasteiger partial charge is 0.155 e. The van der Waals surface area contributed by atoms with Crippen LogP contribution in [-0.2, 0) is 16.4 Å². The van der Waals surface area contributed by atoms with Gasteiger partial charge in [0.15, 0.2) is 9.84 Å². The van der Waals surface area contributed by atoms with Crippen molar-refractivity contribution in [3.63, 3.8) is 0 Å². The van der Waals surface area contributed by atoms with Crippen LogP contribution < -0.4 is 10.5 Å². The summed E-state index contributed by atoms with van der Waals surface area (Å²) >= 11 is 0. The Morgan fingerprint density at radius 3 is 2.70 bits per heavy atom. The molecule has 0 spiro atoms. The summed E-state index contributed by atoms with van der Waals surface area (Å²) < 4.78 is 29.1. The van der Waals surface area contributed by atoms with Gasteiger partial charge in [0.1, 0.15) is 18.5 Å². The second kappa shape index (κ2) is 7.61. The van der Waals surface area contributed by atoms with E-state index in [4.69, 9.17) is 10.5 Å². The number of sulfone groups is 1. The SMILES string of the molecule is CCC(C)S(=O)(=O)CC(O)COc1cccc(CN)c1.